The summed E-state index contributed by atoms with van der Waals surface area (Å²) in [6.07, 6.45) is 4.19. The van der Waals surface area contributed by atoms with Crippen LogP contribution in [0, 0.1) is 17.8 Å². The Bertz CT molecular complexity index is 207. The first kappa shape index (κ1) is 11.4. The van der Waals surface area contributed by atoms with Gasteiger partial charge in [-0.2, -0.15) is 0 Å². The van der Waals surface area contributed by atoms with Crippen molar-refractivity contribution in [1.82, 2.24) is 4.90 Å². The average molecular weight is 210 g/mol. The van der Waals surface area contributed by atoms with E-state index in [1.54, 1.807) is 0 Å². The summed E-state index contributed by atoms with van der Waals surface area (Å²) in [6, 6.07) is 1.24. The minimum Gasteiger partial charge on any atom is -0.326 e. The van der Waals surface area contributed by atoms with Crippen LogP contribution in [0.2, 0.25) is 0 Å². The molecule has 5 atom stereocenters. The number of likely N-dealkylation sites (tertiary alicyclic amines) is 1. The van der Waals surface area contributed by atoms with Gasteiger partial charge in [0.05, 0.1) is 0 Å². The molecule has 2 nitrogen and oxygen atoms in total. The van der Waals surface area contributed by atoms with E-state index >= 15 is 0 Å². The van der Waals surface area contributed by atoms with Crippen LogP contribution in [0.5, 0.6) is 0 Å². The Morgan fingerprint density at radius 1 is 0.933 bits per heavy atom. The average Bonchev–Trinajstić information content (AvgIpc) is 2.52. The van der Waals surface area contributed by atoms with Gasteiger partial charge in [0.1, 0.15) is 0 Å². The first-order valence-electron chi connectivity index (χ1n) is 6.57. The van der Waals surface area contributed by atoms with Crippen molar-refractivity contribution in [2.24, 2.45) is 23.5 Å². The van der Waals surface area contributed by atoms with Crippen molar-refractivity contribution in [3.8, 4) is 0 Å². The van der Waals surface area contributed by atoms with Crippen LogP contribution in [0.25, 0.3) is 0 Å². The molecule has 2 heteroatoms. The molecule has 0 aromatic rings. The van der Waals surface area contributed by atoms with E-state index in [-0.39, 0.29) is 0 Å². The van der Waals surface area contributed by atoms with Crippen molar-refractivity contribution in [3.05, 3.63) is 0 Å². The molecule has 1 saturated carbocycles. The number of nitrogens with zero attached hydrogens (tertiary/aromatic N) is 1. The fraction of sp³-hybridized carbons (Fsp3) is 1.00. The molecule has 1 saturated heterocycles. The normalized spacial score (nSPS) is 48.4. The first-order chi connectivity index (χ1) is 7.08. The Morgan fingerprint density at radius 3 is 2.20 bits per heavy atom. The molecule has 0 amide bonds. The molecule has 0 radical (unpaired) electrons. The third-order valence-corrected chi connectivity index (χ3v) is 4.79. The quantitative estimate of drug-likeness (QED) is 0.718. The van der Waals surface area contributed by atoms with E-state index in [2.05, 4.69) is 25.7 Å². The summed E-state index contributed by atoms with van der Waals surface area (Å²) in [5, 5.41) is 0. The van der Waals surface area contributed by atoms with Crippen LogP contribution < -0.4 is 5.73 Å². The lowest BCUT2D eigenvalue weighted by atomic mass is 9.78. The van der Waals surface area contributed by atoms with Gasteiger partial charge in [-0.15, -0.1) is 0 Å². The third-order valence-electron chi connectivity index (χ3n) is 4.79. The molecule has 88 valence electrons. The molecule has 0 aromatic carbocycles. The summed E-state index contributed by atoms with van der Waals surface area (Å²) < 4.78 is 0. The lowest BCUT2D eigenvalue weighted by Crippen LogP contribution is -2.40. The van der Waals surface area contributed by atoms with Crippen LogP contribution in [-0.4, -0.2) is 30.1 Å². The molecule has 1 aliphatic carbocycles. The smallest absolute Gasteiger partial charge is 0.0206 e. The minimum atomic E-state index is 0.416. The Hall–Kier alpha value is -0.0800. The number of rotatable bonds is 1. The van der Waals surface area contributed by atoms with Crippen molar-refractivity contribution in [2.45, 2.75) is 52.1 Å². The molecule has 0 aromatic heterocycles. The second-order valence-electron chi connectivity index (χ2n) is 6.02. The van der Waals surface area contributed by atoms with Crippen molar-refractivity contribution in [1.29, 1.82) is 0 Å². The Morgan fingerprint density at radius 2 is 1.67 bits per heavy atom. The van der Waals surface area contributed by atoms with Crippen molar-refractivity contribution >= 4 is 0 Å². The van der Waals surface area contributed by atoms with Gasteiger partial charge in [0.15, 0.2) is 0 Å². The van der Waals surface area contributed by atoms with E-state index < -0.39 is 0 Å². The predicted octanol–water partition coefficient (Wildman–Crippen LogP) is 2.09. The largest absolute Gasteiger partial charge is 0.326 e. The highest BCUT2D eigenvalue weighted by molar-refractivity contribution is 4.90. The maximum Gasteiger partial charge on any atom is 0.0206 e. The molecular weight excluding hydrogens is 184 g/mol. The molecule has 0 bridgehead atoms. The van der Waals surface area contributed by atoms with Crippen LogP contribution in [0.15, 0.2) is 0 Å². The molecule has 2 aliphatic rings. The Kier molecular flexibility index (Phi) is 3.36. The van der Waals surface area contributed by atoms with E-state index in [9.17, 15) is 0 Å². The van der Waals surface area contributed by atoms with E-state index in [0.29, 0.717) is 12.0 Å². The SMILES string of the molecule is CC1CCC(N2CC(C)C(N)C2)CC1C. The van der Waals surface area contributed by atoms with Gasteiger partial charge in [-0.25, -0.2) is 0 Å². The van der Waals surface area contributed by atoms with Crippen LogP contribution in [0.4, 0.5) is 0 Å². The molecule has 0 spiro atoms. The van der Waals surface area contributed by atoms with Gasteiger partial charge < -0.3 is 5.73 Å². The second kappa shape index (κ2) is 4.42. The molecule has 2 rings (SSSR count). The van der Waals surface area contributed by atoms with Crippen LogP contribution >= 0.6 is 0 Å². The van der Waals surface area contributed by atoms with Gasteiger partial charge in [0, 0.05) is 25.2 Å². The summed E-state index contributed by atoms with van der Waals surface area (Å²) in [6.45, 7) is 9.47. The van der Waals surface area contributed by atoms with Crippen LogP contribution in [0.3, 0.4) is 0 Å². The Balaban J connectivity index is 1.90. The molecule has 5 unspecified atom stereocenters. The molecular formula is C13H26N2. The summed E-state index contributed by atoms with van der Waals surface area (Å²) >= 11 is 0. The maximum atomic E-state index is 6.10. The monoisotopic (exact) mass is 210 g/mol. The highest BCUT2D eigenvalue weighted by atomic mass is 15.2. The lowest BCUT2D eigenvalue weighted by molar-refractivity contribution is 0.127. The Labute approximate surface area is 94.2 Å². The molecule has 1 aliphatic heterocycles. The van der Waals surface area contributed by atoms with Gasteiger partial charge in [0.25, 0.3) is 0 Å². The van der Waals surface area contributed by atoms with Crippen LogP contribution in [0.1, 0.15) is 40.0 Å². The van der Waals surface area contributed by atoms with Crippen molar-refractivity contribution in [2.75, 3.05) is 13.1 Å². The summed E-state index contributed by atoms with van der Waals surface area (Å²) in [5.41, 5.74) is 6.10. The zero-order valence-electron chi connectivity index (χ0n) is 10.4. The second-order valence-corrected chi connectivity index (χ2v) is 6.02. The van der Waals surface area contributed by atoms with Gasteiger partial charge >= 0.3 is 0 Å². The van der Waals surface area contributed by atoms with E-state index in [0.717, 1.165) is 24.4 Å². The van der Waals surface area contributed by atoms with Gasteiger partial charge in [0.2, 0.25) is 0 Å². The zero-order chi connectivity index (χ0) is 11.0. The highest BCUT2D eigenvalue weighted by Crippen LogP contribution is 2.33. The number of hydrogen-bond donors (Lipinski definition) is 1. The molecule has 2 N–H and O–H groups in total. The first-order valence-corrected chi connectivity index (χ1v) is 6.57. The van der Waals surface area contributed by atoms with E-state index in [4.69, 9.17) is 5.73 Å². The summed E-state index contributed by atoms with van der Waals surface area (Å²) in [5.74, 6) is 2.52. The highest BCUT2D eigenvalue weighted by Gasteiger charge is 2.34. The fourth-order valence-corrected chi connectivity index (χ4v) is 3.18. The van der Waals surface area contributed by atoms with Crippen LogP contribution in [-0.2, 0) is 0 Å². The summed E-state index contributed by atoms with van der Waals surface area (Å²) in [7, 11) is 0. The van der Waals surface area contributed by atoms with Gasteiger partial charge in [-0.1, -0.05) is 20.8 Å². The summed E-state index contributed by atoms with van der Waals surface area (Å²) in [4.78, 5) is 2.65. The van der Waals surface area contributed by atoms with E-state index in [1.807, 2.05) is 0 Å². The maximum absolute atomic E-state index is 6.10. The standard InChI is InChI=1S/C13H26N2/c1-9-4-5-12(6-10(9)2)15-7-11(3)13(14)8-15/h9-13H,4-8,14H2,1-3H3. The lowest BCUT2D eigenvalue weighted by Gasteiger charge is -2.37. The topological polar surface area (TPSA) is 29.3 Å². The molecule has 2 fully saturated rings. The minimum absolute atomic E-state index is 0.416. The fourth-order valence-electron chi connectivity index (χ4n) is 3.18. The van der Waals surface area contributed by atoms with Gasteiger partial charge in [-0.05, 0) is 37.0 Å². The predicted molar refractivity (Wildman–Crippen MR) is 64.7 cm³/mol. The third kappa shape index (κ3) is 2.36. The van der Waals surface area contributed by atoms with Crippen molar-refractivity contribution < 1.29 is 0 Å². The number of hydrogen-bond acceptors (Lipinski definition) is 2. The molecule has 15 heavy (non-hydrogen) atoms. The van der Waals surface area contributed by atoms with Crippen molar-refractivity contribution in [3.63, 3.8) is 0 Å². The van der Waals surface area contributed by atoms with E-state index in [1.165, 1.54) is 25.8 Å². The molecule has 1 heterocycles. The zero-order valence-corrected chi connectivity index (χ0v) is 10.4. The number of nitrogens with two attached hydrogens (primary N) is 1. The van der Waals surface area contributed by atoms with Gasteiger partial charge in [-0.3, -0.25) is 4.90 Å².